The summed E-state index contributed by atoms with van der Waals surface area (Å²) in [4.78, 5) is 16.7. The van der Waals surface area contributed by atoms with Crippen LogP contribution in [-0.2, 0) is 4.79 Å². The van der Waals surface area contributed by atoms with E-state index in [1.54, 1.807) is 10.8 Å². The third-order valence-electron chi connectivity index (χ3n) is 4.87. The Bertz CT molecular complexity index is 759. The molecule has 7 heteroatoms. The maximum Gasteiger partial charge on any atom is 0.226 e. The average molecular weight is 326 g/mol. The number of piperazine rings is 1. The SMILES string of the molecule is O=C(CC1=CCCCC1)N1CCN(c2ccc3nncn3n2)CC1. The minimum absolute atomic E-state index is 0.269. The van der Waals surface area contributed by atoms with E-state index in [0.717, 1.165) is 50.5 Å². The molecule has 7 nitrogen and oxygen atoms in total. The van der Waals surface area contributed by atoms with Gasteiger partial charge in [0.05, 0.1) is 0 Å². The number of aromatic nitrogens is 4. The Balaban J connectivity index is 1.35. The summed E-state index contributed by atoms with van der Waals surface area (Å²) in [5, 5.41) is 12.3. The number of allylic oxidation sites excluding steroid dienone is 1. The van der Waals surface area contributed by atoms with Crippen molar-refractivity contribution >= 4 is 17.4 Å². The van der Waals surface area contributed by atoms with E-state index in [9.17, 15) is 4.79 Å². The molecule has 0 N–H and O–H groups in total. The second-order valence-electron chi connectivity index (χ2n) is 6.48. The molecule has 1 amide bonds. The summed E-state index contributed by atoms with van der Waals surface area (Å²) in [6.07, 6.45) is 9.18. The molecule has 0 atom stereocenters. The van der Waals surface area contributed by atoms with Gasteiger partial charge in [0, 0.05) is 32.6 Å². The number of hydrogen-bond donors (Lipinski definition) is 0. The number of hydrogen-bond acceptors (Lipinski definition) is 5. The highest BCUT2D eigenvalue weighted by Gasteiger charge is 2.23. The van der Waals surface area contributed by atoms with Gasteiger partial charge in [-0.2, -0.15) is 4.52 Å². The van der Waals surface area contributed by atoms with E-state index < -0.39 is 0 Å². The molecule has 2 aromatic rings. The molecule has 3 heterocycles. The molecule has 0 radical (unpaired) electrons. The number of rotatable bonds is 3. The van der Waals surface area contributed by atoms with Crippen LogP contribution in [0.25, 0.3) is 5.65 Å². The number of anilines is 1. The molecule has 1 fully saturated rings. The molecule has 126 valence electrons. The third-order valence-corrected chi connectivity index (χ3v) is 4.87. The largest absolute Gasteiger partial charge is 0.352 e. The van der Waals surface area contributed by atoms with Crippen molar-refractivity contribution < 1.29 is 4.79 Å². The van der Waals surface area contributed by atoms with E-state index in [2.05, 4.69) is 26.3 Å². The highest BCUT2D eigenvalue weighted by atomic mass is 16.2. The molecule has 0 unspecified atom stereocenters. The van der Waals surface area contributed by atoms with Gasteiger partial charge in [0.2, 0.25) is 5.91 Å². The zero-order chi connectivity index (χ0) is 16.4. The molecular formula is C17H22N6O. The van der Waals surface area contributed by atoms with Gasteiger partial charge in [-0.3, -0.25) is 4.79 Å². The fraction of sp³-hybridized carbons (Fsp3) is 0.529. The zero-order valence-corrected chi connectivity index (χ0v) is 13.8. The molecular weight excluding hydrogens is 304 g/mol. The lowest BCUT2D eigenvalue weighted by Crippen LogP contribution is -2.49. The van der Waals surface area contributed by atoms with E-state index in [1.165, 1.54) is 18.4 Å². The van der Waals surface area contributed by atoms with Gasteiger partial charge in [0.15, 0.2) is 5.65 Å². The number of nitrogens with zero attached hydrogens (tertiary/aromatic N) is 6. The molecule has 0 spiro atoms. The van der Waals surface area contributed by atoms with Crippen LogP contribution in [0.3, 0.4) is 0 Å². The van der Waals surface area contributed by atoms with Crippen LogP contribution in [0.1, 0.15) is 32.1 Å². The molecule has 1 aliphatic heterocycles. The number of fused-ring (bicyclic) bond motifs is 1. The molecule has 0 aromatic carbocycles. The van der Waals surface area contributed by atoms with Crippen LogP contribution < -0.4 is 4.90 Å². The summed E-state index contributed by atoms with van der Waals surface area (Å²) in [5.41, 5.74) is 2.07. The minimum Gasteiger partial charge on any atom is -0.352 e. The van der Waals surface area contributed by atoms with Gasteiger partial charge < -0.3 is 9.80 Å². The Morgan fingerprint density at radius 2 is 2.00 bits per heavy atom. The van der Waals surface area contributed by atoms with Gasteiger partial charge in [-0.05, 0) is 37.8 Å². The Kier molecular flexibility index (Phi) is 4.15. The quantitative estimate of drug-likeness (QED) is 0.803. The van der Waals surface area contributed by atoms with E-state index in [-0.39, 0.29) is 5.91 Å². The smallest absolute Gasteiger partial charge is 0.226 e. The first kappa shape index (κ1) is 15.1. The van der Waals surface area contributed by atoms with Gasteiger partial charge in [-0.1, -0.05) is 11.6 Å². The summed E-state index contributed by atoms with van der Waals surface area (Å²) >= 11 is 0. The maximum absolute atomic E-state index is 12.5. The van der Waals surface area contributed by atoms with Crippen LogP contribution in [-0.4, -0.2) is 56.8 Å². The first-order valence-corrected chi connectivity index (χ1v) is 8.67. The highest BCUT2D eigenvalue weighted by molar-refractivity contribution is 5.79. The molecule has 0 bridgehead atoms. The highest BCUT2D eigenvalue weighted by Crippen LogP contribution is 2.21. The Labute approximate surface area is 141 Å². The summed E-state index contributed by atoms with van der Waals surface area (Å²) in [5.74, 6) is 1.18. The molecule has 1 saturated heterocycles. The zero-order valence-electron chi connectivity index (χ0n) is 13.8. The van der Waals surface area contributed by atoms with Crippen LogP contribution in [0.5, 0.6) is 0 Å². The lowest BCUT2D eigenvalue weighted by molar-refractivity contribution is -0.130. The second kappa shape index (κ2) is 6.59. The lowest BCUT2D eigenvalue weighted by atomic mass is 9.97. The van der Waals surface area contributed by atoms with Crippen molar-refractivity contribution in [2.45, 2.75) is 32.1 Å². The Hall–Kier alpha value is -2.44. The second-order valence-corrected chi connectivity index (χ2v) is 6.48. The monoisotopic (exact) mass is 326 g/mol. The van der Waals surface area contributed by atoms with Crippen molar-refractivity contribution in [1.82, 2.24) is 24.7 Å². The Morgan fingerprint density at radius 3 is 2.79 bits per heavy atom. The standard InChI is InChI=1S/C17H22N6O/c24-17(12-14-4-2-1-3-5-14)22-10-8-21(9-11-22)16-7-6-15-19-18-13-23(15)20-16/h4,6-7,13H,1-3,5,8-12H2. The molecule has 2 aromatic heterocycles. The maximum atomic E-state index is 12.5. The van der Waals surface area contributed by atoms with Gasteiger partial charge in [-0.25, -0.2) is 0 Å². The molecule has 1 aliphatic carbocycles. The molecule has 4 rings (SSSR count). The normalized spacial score (nSPS) is 18.8. The first-order valence-electron chi connectivity index (χ1n) is 8.67. The van der Waals surface area contributed by atoms with Gasteiger partial charge in [0.25, 0.3) is 0 Å². The third kappa shape index (κ3) is 3.11. The number of amides is 1. The summed E-state index contributed by atoms with van der Waals surface area (Å²) in [6.45, 7) is 3.14. The van der Waals surface area contributed by atoms with Crippen LogP contribution in [0.15, 0.2) is 30.1 Å². The summed E-state index contributed by atoms with van der Waals surface area (Å²) in [7, 11) is 0. The van der Waals surface area contributed by atoms with Crippen LogP contribution >= 0.6 is 0 Å². The Morgan fingerprint density at radius 1 is 1.12 bits per heavy atom. The predicted molar refractivity (Wildman–Crippen MR) is 90.7 cm³/mol. The topological polar surface area (TPSA) is 66.6 Å². The van der Waals surface area contributed by atoms with E-state index >= 15 is 0 Å². The molecule has 2 aliphatic rings. The average Bonchev–Trinajstić information content (AvgIpc) is 3.10. The lowest BCUT2D eigenvalue weighted by Gasteiger charge is -2.35. The van der Waals surface area contributed by atoms with E-state index in [1.807, 2.05) is 17.0 Å². The minimum atomic E-state index is 0.269. The number of carbonyl (C=O) groups is 1. The number of carbonyl (C=O) groups excluding carboxylic acids is 1. The first-order chi connectivity index (χ1) is 11.8. The van der Waals surface area contributed by atoms with Gasteiger partial charge in [0.1, 0.15) is 12.1 Å². The van der Waals surface area contributed by atoms with Gasteiger partial charge in [-0.15, -0.1) is 15.3 Å². The van der Waals surface area contributed by atoms with Gasteiger partial charge >= 0.3 is 0 Å². The van der Waals surface area contributed by atoms with Crippen molar-refractivity contribution in [3.05, 3.63) is 30.1 Å². The van der Waals surface area contributed by atoms with Crippen molar-refractivity contribution in [2.75, 3.05) is 31.1 Å². The van der Waals surface area contributed by atoms with E-state index in [4.69, 9.17) is 0 Å². The van der Waals surface area contributed by atoms with E-state index in [0.29, 0.717) is 6.42 Å². The van der Waals surface area contributed by atoms with Crippen molar-refractivity contribution in [1.29, 1.82) is 0 Å². The van der Waals surface area contributed by atoms with Crippen molar-refractivity contribution in [2.24, 2.45) is 0 Å². The van der Waals surface area contributed by atoms with Crippen LogP contribution in [0, 0.1) is 0 Å². The van der Waals surface area contributed by atoms with Crippen LogP contribution in [0.4, 0.5) is 5.82 Å². The summed E-state index contributed by atoms with van der Waals surface area (Å²) in [6, 6.07) is 3.89. The fourth-order valence-corrected chi connectivity index (χ4v) is 3.44. The summed E-state index contributed by atoms with van der Waals surface area (Å²) < 4.78 is 1.68. The van der Waals surface area contributed by atoms with Crippen LogP contribution in [0.2, 0.25) is 0 Å². The van der Waals surface area contributed by atoms with Crippen molar-refractivity contribution in [3.8, 4) is 0 Å². The van der Waals surface area contributed by atoms with Crippen molar-refractivity contribution in [3.63, 3.8) is 0 Å². The fourth-order valence-electron chi connectivity index (χ4n) is 3.44. The predicted octanol–water partition coefficient (Wildman–Crippen LogP) is 1.66. The molecule has 24 heavy (non-hydrogen) atoms. The molecule has 0 saturated carbocycles.